The quantitative estimate of drug-likeness (QED) is 0.605. The van der Waals surface area contributed by atoms with Gasteiger partial charge in [0, 0.05) is 29.7 Å². The summed E-state index contributed by atoms with van der Waals surface area (Å²) in [5, 5.41) is 7.41. The van der Waals surface area contributed by atoms with E-state index in [1.807, 2.05) is 13.8 Å². The molecular formula is C21H21FN4O3S. The molecule has 7 nitrogen and oxygen atoms in total. The summed E-state index contributed by atoms with van der Waals surface area (Å²) in [6, 6.07) is 9.14. The van der Waals surface area contributed by atoms with Gasteiger partial charge in [0.1, 0.15) is 17.9 Å². The van der Waals surface area contributed by atoms with E-state index in [2.05, 4.69) is 15.6 Å². The highest BCUT2D eigenvalue weighted by atomic mass is 32.1. The monoisotopic (exact) mass is 428 g/mol. The van der Waals surface area contributed by atoms with Crippen molar-refractivity contribution < 1.29 is 14.0 Å². The van der Waals surface area contributed by atoms with E-state index in [1.54, 1.807) is 23.7 Å². The van der Waals surface area contributed by atoms with Crippen molar-refractivity contribution >= 4 is 28.3 Å². The van der Waals surface area contributed by atoms with Crippen LogP contribution < -0.4 is 16.2 Å². The van der Waals surface area contributed by atoms with Gasteiger partial charge >= 0.3 is 0 Å². The van der Waals surface area contributed by atoms with Gasteiger partial charge in [-0.2, -0.15) is 0 Å². The van der Waals surface area contributed by atoms with Gasteiger partial charge in [-0.25, -0.2) is 9.37 Å². The van der Waals surface area contributed by atoms with Gasteiger partial charge in [-0.1, -0.05) is 26.0 Å². The number of pyridine rings is 1. The van der Waals surface area contributed by atoms with E-state index in [1.165, 1.54) is 46.4 Å². The Balaban J connectivity index is 1.65. The predicted octanol–water partition coefficient (Wildman–Crippen LogP) is 2.79. The minimum absolute atomic E-state index is 0.0828. The van der Waals surface area contributed by atoms with Crippen molar-refractivity contribution in [2.75, 3.05) is 11.9 Å². The lowest BCUT2D eigenvalue weighted by atomic mass is 9.84. The van der Waals surface area contributed by atoms with E-state index in [0.29, 0.717) is 5.13 Å². The molecule has 0 saturated carbocycles. The molecule has 0 bridgehead atoms. The van der Waals surface area contributed by atoms with Gasteiger partial charge < -0.3 is 9.88 Å². The van der Waals surface area contributed by atoms with Crippen LogP contribution in [0.4, 0.5) is 9.52 Å². The molecule has 0 fully saturated rings. The van der Waals surface area contributed by atoms with Gasteiger partial charge in [-0.15, -0.1) is 11.3 Å². The first kappa shape index (κ1) is 21.4. The molecule has 0 radical (unpaired) electrons. The fourth-order valence-electron chi connectivity index (χ4n) is 2.83. The molecule has 1 aromatic carbocycles. The average Bonchev–Trinajstić information content (AvgIpc) is 3.21. The Hall–Kier alpha value is -3.33. The van der Waals surface area contributed by atoms with Gasteiger partial charge in [0.05, 0.1) is 0 Å². The molecule has 2 heterocycles. The minimum Gasteiger partial charge on any atom is -0.354 e. The molecule has 0 aliphatic heterocycles. The normalized spacial score (nSPS) is 11.2. The van der Waals surface area contributed by atoms with Gasteiger partial charge in [0.2, 0.25) is 5.91 Å². The van der Waals surface area contributed by atoms with E-state index in [4.69, 9.17) is 0 Å². The number of amides is 2. The summed E-state index contributed by atoms with van der Waals surface area (Å²) in [4.78, 5) is 41.3. The number of anilines is 1. The largest absolute Gasteiger partial charge is 0.354 e. The number of nitrogens with zero attached hydrogens (tertiary/aromatic N) is 2. The first-order chi connectivity index (χ1) is 14.3. The number of halogens is 1. The second-order valence-electron chi connectivity index (χ2n) is 7.32. The molecule has 0 spiro atoms. The van der Waals surface area contributed by atoms with Crippen molar-refractivity contribution in [2.24, 2.45) is 0 Å². The lowest BCUT2D eigenvalue weighted by Gasteiger charge is -2.25. The molecule has 0 saturated heterocycles. The predicted molar refractivity (Wildman–Crippen MR) is 113 cm³/mol. The molecule has 2 N–H and O–H groups in total. The Morgan fingerprint density at radius 2 is 2.03 bits per heavy atom. The number of thiazole rings is 1. The fourth-order valence-corrected chi connectivity index (χ4v) is 3.35. The average molecular weight is 428 g/mol. The Morgan fingerprint density at radius 3 is 2.73 bits per heavy atom. The first-order valence-electron chi connectivity index (χ1n) is 9.19. The maximum atomic E-state index is 13.5. The topological polar surface area (TPSA) is 93.1 Å². The number of hydrogen-bond donors (Lipinski definition) is 2. The molecular weight excluding hydrogens is 407 g/mol. The maximum absolute atomic E-state index is 13.5. The smallest absolute Gasteiger partial charge is 0.263 e. The third-order valence-electron chi connectivity index (χ3n) is 4.57. The van der Waals surface area contributed by atoms with Crippen molar-refractivity contribution in [3.8, 4) is 0 Å². The molecule has 0 aliphatic rings. The lowest BCUT2D eigenvalue weighted by molar-refractivity contribution is -0.121. The summed E-state index contributed by atoms with van der Waals surface area (Å²) in [5.41, 5.74) is -0.412. The number of carbonyl (C=O) groups excluding carboxylic acids is 2. The van der Waals surface area contributed by atoms with Crippen LogP contribution in [0.2, 0.25) is 0 Å². The summed E-state index contributed by atoms with van der Waals surface area (Å²) in [7, 11) is 0. The van der Waals surface area contributed by atoms with Crippen molar-refractivity contribution in [1.29, 1.82) is 0 Å². The van der Waals surface area contributed by atoms with E-state index in [-0.39, 0.29) is 30.4 Å². The van der Waals surface area contributed by atoms with Crippen molar-refractivity contribution in [3.05, 3.63) is 81.5 Å². The highest BCUT2D eigenvalue weighted by Crippen LogP contribution is 2.22. The first-order valence-corrected chi connectivity index (χ1v) is 10.1. The van der Waals surface area contributed by atoms with Gasteiger partial charge in [-0.3, -0.25) is 19.7 Å². The summed E-state index contributed by atoms with van der Waals surface area (Å²) >= 11 is 1.23. The van der Waals surface area contributed by atoms with Crippen LogP contribution in [0.1, 0.15) is 29.8 Å². The number of hydrogen-bond acceptors (Lipinski definition) is 5. The van der Waals surface area contributed by atoms with Crippen LogP contribution >= 0.6 is 11.3 Å². The van der Waals surface area contributed by atoms with Gasteiger partial charge in [0.15, 0.2) is 5.13 Å². The molecule has 156 valence electrons. The van der Waals surface area contributed by atoms with Gasteiger partial charge in [0.25, 0.3) is 11.5 Å². The second kappa shape index (κ2) is 9.00. The Labute approximate surface area is 176 Å². The third-order valence-corrected chi connectivity index (χ3v) is 5.25. The zero-order valence-electron chi connectivity index (χ0n) is 16.5. The lowest BCUT2D eigenvalue weighted by Crippen LogP contribution is -2.40. The third kappa shape index (κ3) is 5.18. The molecule has 0 aliphatic carbocycles. The molecule has 30 heavy (non-hydrogen) atoms. The standard InChI is InChI=1S/C21H21FN4O3S/c1-21(2,14-5-3-6-15(22)11-14)13-24-17(27)12-26-9-4-7-16(19(26)29)18(28)25-20-23-8-10-30-20/h3-11H,12-13H2,1-2H3,(H,24,27)(H,23,25,28). The van der Waals surface area contributed by atoms with Crippen molar-refractivity contribution in [1.82, 2.24) is 14.9 Å². The zero-order chi connectivity index (χ0) is 21.7. The number of rotatable bonds is 7. The van der Waals surface area contributed by atoms with Crippen LogP contribution in [0.25, 0.3) is 0 Å². The molecule has 0 atom stereocenters. The van der Waals surface area contributed by atoms with Crippen LogP contribution in [0.15, 0.2) is 59.0 Å². The molecule has 0 unspecified atom stereocenters. The zero-order valence-corrected chi connectivity index (χ0v) is 17.3. The Bertz CT molecular complexity index is 1110. The SMILES string of the molecule is CC(C)(CNC(=O)Cn1cccc(C(=O)Nc2nccs2)c1=O)c1cccc(F)c1. The summed E-state index contributed by atoms with van der Waals surface area (Å²) in [6.45, 7) is 3.79. The summed E-state index contributed by atoms with van der Waals surface area (Å²) in [5.74, 6) is -1.32. The Kier molecular flexibility index (Phi) is 6.41. The molecule has 9 heteroatoms. The maximum Gasteiger partial charge on any atom is 0.263 e. The molecule has 2 aromatic heterocycles. The number of aromatic nitrogens is 2. The van der Waals surface area contributed by atoms with Crippen LogP contribution in [0.3, 0.4) is 0 Å². The fraction of sp³-hybridized carbons (Fsp3) is 0.238. The van der Waals surface area contributed by atoms with E-state index in [9.17, 15) is 18.8 Å². The van der Waals surface area contributed by atoms with Gasteiger partial charge in [-0.05, 0) is 29.8 Å². The summed E-state index contributed by atoms with van der Waals surface area (Å²) < 4.78 is 14.7. The minimum atomic E-state index is -0.586. The Morgan fingerprint density at radius 1 is 1.23 bits per heavy atom. The van der Waals surface area contributed by atoms with E-state index >= 15 is 0 Å². The van der Waals surface area contributed by atoms with Crippen LogP contribution in [-0.2, 0) is 16.8 Å². The molecule has 2 amide bonds. The highest BCUT2D eigenvalue weighted by Gasteiger charge is 2.22. The van der Waals surface area contributed by atoms with Crippen molar-refractivity contribution in [2.45, 2.75) is 25.8 Å². The van der Waals surface area contributed by atoms with Crippen LogP contribution in [0.5, 0.6) is 0 Å². The number of nitrogens with one attached hydrogen (secondary N) is 2. The van der Waals surface area contributed by atoms with E-state index < -0.39 is 16.9 Å². The summed E-state index contributed by atoms with van der Waals surface area (Å²) in [6.07, 6.45) is 2.99. The molecule has 3 aromatic rings. The number of carbonyl (C=O) groups is 2. The number of benzene rings is 1. The second-order valence-corrected chi connectivity index (χ2v) is 8.21. The van der Waals surface area contributed by atoms with Crippen molar-refractivity contribution in [3.63, 3.8) is 0 Å². The van der Waals surface area contributed by atoms with Crippen LogP contribution in [-0.4, -0.2) is 27.9 Å². The highest BCUT2D eigenvalue weighted by molar-refractivity contribution is 7.13. The molecule has 3 rings (SSSR count). The van der Waals surface area contributed by atoms with Crippen LogP contribution in [0, 0.1) is 5.82 Å². The van der Waals surface area contributed by atoms with E-state index in [0.717, 1.165) is 5.56 Å².